The van der Waals surface area contributed by atoms with E-state index in [9.17, 15) is 0 Å². The Bertz CT molecular complexity index is 657. The molecule has 0 spiro atoms. The largest absolute Gasteiger partial charge is 0.480 e. The second kappa shape index (κ2) is 5.02. The maximum atomic E-state index is 5.32. The van der Waals surface area contributed by atoms with Gasteiger partial charge in [-0.15, -0.1) is 11.3 Å². The molecule has 3 aromatic rings. The highest BCUT2D eigenvalue weighted by Gasteiger charge is 2.15. The Balaban J connectivity index is 1.79. The molecule has 0 amide bonds. The Morgan fingerprint density at radius 2 is 2.47 bits per heavy atom. The molecule has 0 aliphatic rings. The number of thiazole rings is 1. The molecule has 1 unspecified atom stereocenters. The Labute approximate surface area is 114 Å². The molecule has 3 rings (SSSR count). The molecule has 0 bridgehead atoms. The average molecular weight is 277 g/mol. The van der Waals surface area contributed by atoms with Gasteiger partial charge in [-0.25, -0.2) is 4.98 Å². The van der Waals surface area contributed by atoms with Gasteiger partial charge in [0, 0.05) is 30.5 Å². The van der Waals surface area contributed by atoms with E-state index in [1.807, 2.05) is 22.2 Å². The van der Waals surface area contributed by atoms with Crippen molar-refractivity contribution < 1.29 is 4.74 Å². The number of imidazole rings is 2. The van der Waals surface area contributed by atoms with Crippen LogP contribution in [-0.4, -0.2) is 26.5 Å². The number of methoxy groups -OCH3 is 1. The van der Waals surface area contributed by atoms with Crippen molar-refractivity contribution in [2.24, 2.45) is 0 Å². The van der Waals surface area contributed by atoms with Gasteiger partial charge in [-0.05, 0) is 6.92 Å². The highest BCUT2D eigenvalue weighted by Crippen LogP contribution is 2.23. The van der Waals surface area contributed by atoms with E-state index in [1.54, 1.807) is 24.6 Å². The lowest BCUT2D eigenvalue weighted by atomic mass is 10.3. The lowest BCUT2D eigenvalue weighted by Gasteiger charge is -2.11. The lowest BCUT2D eigenvalue weighted by Crippen LogP contribution is -2.20. The van der Waals surface area contributed by atoms with Crippen LogP contribution in [0.15, 0.2) is 24.0 Å². The molecule has 6 nitrogen and oxygen atoms in total. The van der Waals surface area contributed by atoms with Gasteiger partial charge in [-0.2, -0.15) is 4.98 Å². The normalized spacial score (nSPS) is 12.9. The summed E-state index contributed by atoms with van der Waals surface area (Å²) in [5.74, 6) is 1.59. The number of aromatic nitrogens is 4. The number of nitrogens with zero attached hydrogens (tertiary/aromatic N) is 3. The lowest BCUT2D eigenvalue weighted by molar-refractivity contribution is 0.391. The molecule has 0 aliphatic heterocycles. The number of hydrogen-bond donors (Lipinski definition) is 2. The van der Waals surface area contributed by atoms with Crippen LogP contribution in [0.1, 0.15) is 24.5 Å². The molecule has 19 heavy (non-hydrogen) atoms. The van der Waals surface area contributed by atoms with Crippen LogP contribution in [0, 0.1) is 0 Å². The van der Waals surface area contributed by atoms with Crippen molar-refractivity contribution in [1.82, 2.24) is 24.7 Å². The van der Waals surface area contributed by atoms with E-state index in [-0.39, 0.29) is 6.04 Å². The maximum Gasteiger partial charge on any atom is 0.237 e. The van der Waals surface area contributed by atoms with Gasteiger partial charge >= 0.3 is 0 Å². The van der Waals surface area contributed by atoms with Crippen LogP contribution in [0.5, 0.6) is 5.88 Å². The van der Waals surface area contributed by atoms with Crippen LogP contribution in [0.4, 0.5) is 0 Å². The zero-order chi connectivity index (χ0) is 13.2. The van der Waals surface area contributed by atoms with E-state index >= 15 is 0 Å². The first-order valence-electron chi connectivity index (χ1n) is 6.00. The van der Waals surface area contributed by atoms with E-state index in [1.165, 1.54) is 0 Å². The summed E-state index contributed by atoms with van der Waals surface area (Å²) < 4.78 is 7.37. The van der Waals surface area contributed by atoms with E-state index in [0.717, 1.165) is 16.5 Å². The number of aromatic amines is 1. The molecule has 100 valence electrons. The van der Waals surface area contributed by atoms with E-state index in [0.29, 0.717) is 12.4 Å². The Morgan fingerprint density at radius 3 is 3.21 bits per heavy atom. The van der Waals surface area contributed by atoms with Crippen LogP contribution in [0.25, 0.3) is 4.96 Å². The molecular weight excluding hydrogens is 262 g/mol. The van der Waals surface area contributed by atoms with Gasteiger partial charge in [0.25, 0.3) is 0 Å². The van der Waals surface area contributed by atoms with Crippen LogP contribution in [-0.2, 0) is 6.54 Å². The smallest absolute Gasteiger partial charge is 0.237 e. The van der Waals surface area contributed by atoms with Gasteiger partial charge in [0.1, 0.15) is 11.5 Å². The van der Waals surface area contributed by atoms with Crippen molar-refractivity contribution in [3.8, 4) is 5.88 Å². The Kier molecular flexibility index (Phi) is 3.22. The molecule has 1 atom stereocenters. The number of hydrogen-bond acceptors (Lipinski definition) is 5. The minimum absolute atomic E-state index is 0.142. The molecular formula is C12H15N5OS. The minimum Gasteiger partial charge on any atom is -0.480 e. The third-order valence-corrected chi connectivity index (χ3v) is 3.78. The van der Waals surface area contributed by atoms with Gasteiger partial charge in [-0.1, -0.05) is 0 Å². The predicted molar refractivity (Wildman–Crippen MR) is 73.5 cm³/mol. The predicted octanol–water partition coefficient (Wildman–Crippen LogP) is 1.98. The summed E-state index contributed by atoms with van der Waals surface area (Å²) in [6.07, 6.45) is 5.58. The van der Waals surface area contributed by atoms with Gasteiger partial charge in [0.05, 0.1) is 13.2 Å². The molecule has 7 heteroatoms. The van der Waals surface area contributed by atoms with Crippen LogP contribution < -0.4 is 10.1 Å². The number of nitrogens with one attached hydrogen (secondary N) is 2. The summed E-state index contributed by atoms with van der Waals surface area (Å²) in [4.78, 5) is 12.7. The molecule has 0 fully saturated rings. The van der Waals surface area contributed by atoms with Crippen molar-refractivity contribution in [1.29, 1.82) is 0 Å². The third kappa shape index (κ3) is 2.22. The highest BCUT2D eigenvalue weighted by atomic mass is 32.1. The van der Waals surface area contributed by atoms with Crippen LogP contribution in [0.3, 0.4) is 0 Å². The quantitative estimate of drug-likeness (QED) is 0.748. The molecule has 2 N–H and O–H groups in total. The highest BCUT2D eigenvalue weighted by molar-refractivity contribution is 7.15. The van der Waals surface area contributed by atoms with Crippen LogP contribution in [0.2, 0.25) is 0 Å². The van der Waals surface area contributed by atoms with Crippen LogP contribution >= 0.6 is 11.3 Å². The molecule has 0 saturated carbocycles. The van der Waals surface area contributed by atoms with Crippen molar-refractivity contribution in [2.45, 2.75) is 19.5 Å². The molecule has 3 aromatic heterocycles. The molecule has 0 radical (unpaired) electrons. The Hall–Kier alpha value is -1.86. The van der Waals surface area contributed by atoms with Gasteiger partial charge in [-0.3, -0.25) is 4.40 Å². The fourth-order valence-electron chi connectivity index (χ4n) is 2.00. The fourth-order valence-corrected chi connectivity index (χ4v) is 2.72. The zero-order valence-corrected chi connectivity index (χ0v) is 11.6. The van der Waals surface area contributed by atoms with E-state index < -0.39 is 0 Å². The number of ether oxygens (including phenoxy) is 1. The second-order valence-electron chi connectivity index (χ2n) is 4.20. The zero-order valence-electron chi connectivity index (χ0n) is 10.8. The molecule has 0 aromatic carbocycles. The number of H-pyrrole nitrogens is 1. The van der Waals surface area contributed by atoms with Gasteiger partial charge in [0.2, 0.25) is 5.88 Å². The maximum absolute atomic E-state index is 5.32. The van der Waals surface area contributed by atoms with Crippen molar-refractivity contribution in [3.05, 3.63) is 35.5 Å². The van der Waals surface area contributed by atoms with E-state index in [2.05, 4.69) is 27.2 Å². The SMILES string of the molecule is COc1nc2sccn2c1CNC(C)c1ncc[nH]1. The van der Waals surface area contributed by atoms with Crippen molar-refractivity contribution >= 4 is 16.3 Å². The first kappa shape index (κ1) is 12.2. The summed E-state index contributed by atoms with van der Waals surface area (Å²) in [7, 11) is 1.64. The molecule has 0 aliphatic carbocycles. The van der Waals surface area contributed by atoms with E-state index in [4.69, 9.17) is 4.74 Å². The standard InChI is InChI=1S/C12H15N5OS/c1-8(10-13-3-4-14-10)15-7-9-11(18-2)16-12-17(9)5-6-19-12/h3-6,8,15H,7H2,1-2H3,(H,13,14). The third-order valence-electron chi connectivity index (χ3n) is 3.02. The van der Waals surface area contributed by atoms with Gasteiger partial charge in [0.15, 0.2) is 4.96 Å². The molecule has 3 heterocycles. The summed E-state index contributed by atoms with van der Waals surface area (Å²) >= 11 is 1.60. The number of rotatable bonds is 5. The minimum atomic E-state index is 0.142. The summed E-state index contributed by atoms with van der Waals surface area (Å²) in [5.41, 5.74) is 1.03. The first-order chi connectivity index (χ1) is 9.29. The number of fused-ring (bicyclic) bond motifs is 1. The van der Waals surface area contributed by atoms with Crippen molar-refractivity contribution in [3.63, 3.8) is 0 Å². The van der Waals surface area contributed by atoms with Gasteiger partial charge < -0.3 is 15.0 Å². The monoisotopic (exact) mass is 277 g/mol. The van der Waals surface area contributed by atoms with Crippen molar-refractivity contribution in [2.75, 3.05) is 7.11 Å². The second-order valence-corrected chi connectivity index (χ2v) is 5.07. The topological polar surface area (TPSA) is 67.2 Å². The summed E-state index contributed by atoms with van der Waals surface area (Å²) in [6, 6.07) is 0.142. The average Bonchev–Trinajstić information content (AvgIpc) is 3.12. The molecule has 0 saturated heterocycles. The first-order valence-corrected chi connectivity index (χ1v) is 6.88. The summed E-state index contributed by atoms with van der Waals surface area (Å²) in [5, 5.41) is 5.43. The fraction of sp³-hybridized carbons (Fsp3) is 0.333. The Morgan fingerprint density at radius 1 is 1.58 bits per heavy atom. The summed E-state index contributed by atoms with van der Waals surface area (Å²) in [6.45, 7) is 2.74.